The monoisotopic (exact) mass is 592 g/mol. The van der Waals surface area contributed by atoms with E-state index in [-0.39, 0.29) is 28.7 Å². The van der Waals surface area contributed by atoms with Gasteiger partial charge in [0.15, 0.2) is 5.60 Å². The third kappa shape index (κ3) is 6.91. The fraction of sp³-hybridized carbons (Fsp3) is 0.500. The van der Waals surface area contributed by atoms with Crippen molar-refractivity contribution in [2.24, 2.45) is 0 Å². The number of halogens is 7. The molecule has 2 fully saturated rings. The van der Waals surface area contributed by atoms with Crippen molar-refractivity contribution in [3.63, 3.8) is 0 Å². The van der Waals surface area contributed by atoms with Crippen molar-refractivity contribution < 1.29 is 40.7 Å². The highest BCUT2D eigenvalue weighted by Gasteiger charge is 2.44. The number of fused-ring (bicyclic) bond motifs is 2. The lowest BCUT2D eigenvalue weighted by atomic mass is 9.96. The Hall–Kier alpha value is -3.22. The number of carbonyl (C=O) groups excluding carboxylic acids is 2. The molecule has 2 aliphatic heterocycles. The molecule has 2 aromatic rings. The second-order valence-electron chi connectivity index (χ2n) is 10.4. The molecule has 218 valence electrons. The molecule has 0 saturated carbocycles. The van der Waals surface area contributed by atoms with Crippen LogP contribution < -0.4 is 20.3 Å². The van der Waals surface area contributed by atoms with Crippen molar-refractivity contribution in [1.29, 1.82) is 0 Å². The summed E-state index contributed by atoms with van der Waals surface area (Å²) in [4.78, 5) is 31.4. The number of alkyl halides is 6. The summed E-state index contributed by atoms with van der Waals surface area (Å²) in [5.74, 6) is -1.39. The van der Waals surface area contributed by atoms with Gasteiger partial charge in [-0.25, -0.2) is 4.98 Å². The summed E-state index contributed by atoms with van der Waals surface area (Å²) < 4.78 is 83.1. The summed E-state index contributed by atoms with van der Waals surface area (Å²) in [6.45, 7) is 1.33. The molecule has 1 unspecified atom stereocenters. The number of benzene rings is 1. The zero-order valence-corrected chi connectivity index (χ0v) is 22.3. The number of pyridine rings is 1. The molecular weight excluding hydrogens is 566 g/mol. The van der Waals surface area contributed by atoms with Gasteiger partial charge in [-0.3, -0.25) is 9.59 Å². The van der Waals surface area contributed by atoms with Crippen LogP contribution in [0.2, 0.25) is 5.02 Å². The van der Waals surface area contributed by atoms with Gasteiger partial charge in [-0.05, 0) is 69.9 Å². The summed E-state index contributed by atoms with van der Waals surface area (Å²) in [7, 11) is 0. The Labute approximate surface area is 231 Å². The molecule has 0 aliphatic carbocycles. The molecule has 40 heavy (non-hydrogen) atoms. The maximum absolute atomic E-state index is 13.5. The van der Waals surface area contributed by atoms with Crippen LogP contribution in [0.25, 0.3) is 0 Å². The Kier molecular flexibility index (Phi) is 8.17. The number of anilines is 1. The molecular formula is C26H27ClF6N4O3. The van der Waals surface area contributed by atoms with Gasteiger partial charge in [-0.15, -0.1) is 0 Å². The van der Waals surface area contributed by atoms with Crippen LogP contribution in [0.3, 0.4) is 0 Å². The fourth-order valence-corrected chi connectivity index (χ4v) is 5.29. The first-order chi connectivity index (χ1) is 18.5. The number of rotatable bonds is 7. The molecule has 2 aliphatic rings. The number of hydrogen-bond donors (Lipinski definition) is 2. The Morgan fingerprint density at radius 3 is 2.25 bits per heavy atom. The SMILES string of the molecule is CC(C)(Oc1ccc(Cl)cc1C(F)(F)F)C(=O)NC1C[C@H]2CC[C@@H](C1)N2c1ccc(C(=O)NCC(F)(F)F)cn1. The van der Waals surface area contributed by atoms with E-state index in [4.69, 9.17) is 16.3 Å². The molecule has 1 aromatic carbocycles. The normalized spacial score (nSPS) is 21.2. The molecule has 0 radical (unpaired) electrons. The summed E-state index contributed by atoms with van der Waals surface area (Å²) in [5.41, 5.74) is -2.70. The lowest BCUT2D eigenvalue weighted by Crippen LogP contribution is -2.55. The largest absolute Gasteiger partial charge is 0.477 e. The minimum Gasteiger partial charge on any atom is -0.477 e. The molecule has 3 atom stereocenters. The van der Waals surface area contributed by atoms with Crippen molar-refractivity contribution >= 4 is 29.2 Å². The Morgan fingerprint density at radius 2 is 1.70 bits per heavy atom. The van der Waals surface area contributed by atoms with Gasteiger partial charge in [0.05, 0.1) is 11.1 Å². The molecule has 2 N–H and O–H groups in total. The third-order valence-corrected chi connectivity index (χ3v) is 7.19. The Bertz CT molecular complexity index is 1240. The van der Waals surface area contributed by atoms with Crippen molar-refractivity contribution in [2.45, 2.75) is 75.6 Å². The van der Waals surface area contributed by atoms with E-state index < -0.39 is 47.6 Å². The lowest BCUT2D eigenvalue weighted by molar-refractivity contribution is -0.143. The van der Waals surface area contributed by atoms with Crippen molar-refractivity contribution in [3.8, 4) is 5.75 Å². The van der Waals surface area contributed by atoms with E-state index in [9.17, 15) is 35.9 Å². The molecule has 0 spiro atoms. The molecule has 2 bridgehead atoms. The van der Waals surface area contributed by atoms with E-state index >= 15 is 0 Å². The summed E-state index contributed by atoms with van der Waals surface area (Å²) in [6, 6.07) is 5.80. The van der Waals surface area contributed by atoms with Gasteiger partial charge < -0.3 is 20.3 Å². The fourth-order valence-electron chi connectivity index (χ4n) is 5.12. The predicted molar refractivity (Wildman–Crippen MR) is 134 cm³/mol. The second kappa shape index (κ2) is 11.0. The first-order valence-corrected chi connectivity index (χ1v) is 12.9. The highest BCUT2D eigenvalue weighted by molar-refractivity contribution is 6.30. The summed E-state index contributed by atoms with van der Waals surface area (Å²) in [6.07, 6.45) is -5.31. The van der Waals surface area contributed by atoms with E-state index in [0.29, 0.717) is 18.7 Å². The average Bonchev–Trinajstić information content (AvgIpc) is 3.12. The minimum atomic E-state index is -4.72. The molecule has 2 saturated heterocycles. The number of nitrogens with one attached hydrogen (secondary N) is 2. The Morgan fingerprint density at radius 1 is 1.05 bits per heavy atom. The molecule has 7 nitrogen and oxygen atoms in total. The molecule has 14 heteroatoms. The van der Waals surface area contributed by atoms with Crippen LogP contribution in [0.4, 0.5) is 32.2 Å². The zero-order chi connectivity index (χ0) is 29.5. The molecule has 3 heterocycles. The number of aromatic nitrogens is 1. The Balaban J connectivity index is 1.38. The summed E-state index contributed by atoms with van der Waals surface area (Å²) >= 11 is 5.73. The number of hydrogen-bond acceptors (Lipinski definition) is 5. The van der Waals surface area contributed by atoms with Gasteiger partial charge >= 0.3 is 12.4 Å². The maximum atomic E-state index is 13.5. The number of carbonyl (C=O) groups is 2. The molecule has 1 aromatic heterocycles. The lowest BCUT2D eigenvalue weighted by Gasteiger charge is -2.41. The number of nitrogens with zero attached hydrogens (tertiary/aromatic N) is 2. The van der Waals surface area contributed by atoms with E-state index in [1.165, 1.54) is 32.2 Å². The van der Waals surface area contributed by atoms with E-state index in [0.717, 1.165) is 25.0 Å². The van der Waals surface area contributed by atoms with Crippen LogP contribution in [0.1, 0.15) is 55.5 Å². The van der Waals surface area contributed by atoms with Crippen LogP contribution in [0.5, 0.6) is 5.75 Å². The predicted octanol–water partition coefficient (Wildman–Crippen LogP) is 5.52. The highest BCUT2D eigenvalue weighted by Crippen LogP contribution is 2.40. The third-order valence-electron chi connectivity index (χ3n) is 6.95. The van der Waals surface area contributed by atoms with Crippen LogP contribution in [-0.4, -0.2) is 53.2 Å². The summed E-state index contributed by atoms with van der Waals surface area (Å²) in [5, 5.41) is 4.60. The standard InChI is InChI=1S/C26H27ClF6N4O3/c1-24(2,40-20-7-4-15(27)9-19(20)26(31,32)33)23(39)36-16-10-17-5-6-18(11-16)37(17)21-8-3-14(12-34-21)22(38)35-13-25(28,29)30/h3-4,7-9,12,16-18H,5-6,10-11,13H2,1-2H3,(H,35,38)(H,36,39)/t16?,17-,18+. The van der Waals surface area contributed by atoms with Crippen LogP contribution in [-0.2, 0) is 11.0 Å². The van der Waals surface area contributed by atoms with Crippen molar-refractivity contribution in [3.05, 3.63) is 52.7 Å². The smallest absolute Gasteiger partial charge is 0.420 e. The highest BCUT2D eigenvalue weighted by atomic mass is 35.5. The van der Waals surface area contributed by atoms with Crippen molar-refractivity contribution in [2.75, 3.05) is 11.4 Å². The molecule has 4 rings (SSSR count). The van der Waals surface area contributed by atoms with Gasteiger partial charge in [0.1, 0.15) is 18.1 Å². The van der Waals surface area contributed by atoms with Crippen LogP contribution >= 0.6 is 11.6 Å². The van der Waals surface area contributed by atoms with Crippen LogP contribution in [0.15, 0.2) is 36.5 Å². The average molecular weight is 593 g/mol. The topological polar surface area (TPSA) is 83.6 Å². The van der Waals surface area contributed by atoms with Gasteiger partial charge in [0, 0.05) is 29.3 Å². The van der Waals surface area contributed by atoms with Crippen LogP contribution in [0, 0.1) is 0 Å². The number of ether oxygens (including phenoxy) is 1. The quantitative estimate of drug-likeness (QED) is 0.414. The van der Waals surface area contributed by atoms with E-state index in [2.05, 4.69) is 15.2 Å². The number of amides is 2. The molecule has 2 amide bonds. The van der Waals surface area contributed by atoms with Gasteiger partial charge in [-0.2, -0.15) is 26.3 Å². The maximum Gasteiger partial charge on any atom is 0.420 e. The zero-order valence-electron chi connectivity index (χ0n) is 21.5. The van der Waals surface area contributed by atoms with Gasteiger partial charge in [-0.1, -0.05) is 11.6 Å². The van der Waals surface area contributed by atoms with Gasteiger partial charge in [0.25, 0.3) is 11.8 Å². The van der Waals surface area contributed by atoms with Crippen molar-refractivity contribution in [1.82, 2.24) is 15.6 Å². The second-order valence-corrected chi connectivity index (χ2v) is 10.8. The first-order valence-electron chi connectivity index (χ1n) is 12.5. The first kappa shape index (κ1) is 29.8. The van der Waals surface area contributed by atoms with E-state index in [1.807, 2.05) is 0 Å². The van der Waals surface area contributed by atoms with E-state index in [1.54, 1.807) is 11.4 Å². The van der Waals surface area contributed by atoms with Gasteiger partial charge in [0.2, 0.25) is 0 Å². The number of piperidine rings is 1. The minimum absolute atomic E-state index is 0.000837.